The van der Waals surface area contributed by atoms with Crippen molar-refractivity contribution in [3.8, 4) is 0 Å². The summed E-state index contributed by atoms with van der Waals surface area (Å²) in [6.45, 7) is 0. The summed E-state index contributed by atoms with van der Waals surface area (Å²) < 4.78 is 0. The fraction of sp³-hybridized carbons (Fsp3) is 0. The number of carboxylic acids is 1. The third-order valence-corrected chi connectivity index (χ3v) is 1.56. The van der Waals surface area contributed by atoms with Crippen LogP contribution in [0.3, 0.4) is 0 Å². The van der Waals surface area contributed by atoms with Crippen LogP contribution in [0, 0.1) is 26.3 Å². The van der Waals surface area contributed by atoms with Gasteiger partial charge < -0.3 is 5.11 Å². The molecule has 0 saturated heterocycles. The molecule has 1 aromatic carbocycles. The molecule has 16 heavy (non-hydrogen) atoms. The van der Waals surface area contributed by atoms with Crippen molar-refractivity contribution in [3.63, 3.8) is 0 Å². The molecule has 1 rings (SSSR count). The Morgan fingerprint density at radius 1 is 1.25 bits per heavy atom. The van der Waals surface area contributed by atoms with Crippen molar-refractivity contribution in [1.82, 2.24) is 0 Å². The molecular weight excluding hydrogens is 215 g/mol. The second-order valence-corrected chi connectivity index (χ2v) is 2.42. The average Bonchev–Trinajstić information content (AvgIpc) is 2.16. The van der Waals surface area contributed by atoms with Gasteiger partial charge >= 0.3 is 18.9 Å². The Bertz CT molecular complexity index is 428. The maximum absolute atomic E-state index is 10.6. The fourth-order valence-corrected chi connectivity index (χ4v) is 0.973. The van der Waals surface area contributed by atoms with Crippen LogP contribution in [0.5, 0.6) is 0 Å². The van der Waals surface area contributed by atoms with Gasteiger partial charge in [-0.15, -0.1) is 0 Å². The van der Waals surface area contributed by atoms with E-state index in [4.69, 9.17) is 5.11 Å². The molecule has 0 aromatic heterocycles. The van der Waals surface area contributed by atoms with Crippen molar-refractivity contribution in [1.29, 1.82) is 0 Å². The first kappa shape index (κ1) is 14.1. The van der Waals surface area contributed by atoms with E-state index in [1.54, 1.807) is 0 Å². The van der Waals surface area contributed by atoms with Gasteiger partial charge in [0.05, 0.1) is 0 Å². The Kier molecular flexibility index (Phi) is 4.62. The number of nitro groups is 2. The number of aromatic carboxylic acids is 1. The summed E-state index contributed by atoms with van der Waals surface area (Å²) in [7, 11) is 0. The smallest absolute Gasteiger partial charge is 0.487 e. The minimum absolute atomic E-state index is 0. The van der Waals surface area contributed by atoms with Gasteiger partial charge in [0, 0.05) is 15.4 Å². The molecule has 0 spiro atoms. The summed E-state index contributed by atoms with van der Waals surface area (Å²) in [5.74, 6) is -1.61. The molecule has 0 aliphatic carbocycles. The first-order valence-electron chi connectivity index (χ1n) is 3.51. The van der Waals surface area contributed by atoms with E-state index < -0.39 is 32.8 Å². The van der Waals surface area contributed by atoms with Crippen LogP contribution in [-0.4, -0.2) is 20.9 Å². The van der Waals surface area contributed by atoms with Crippen LogP contribution in [0.15, 0.2) is 12.1 Å². The van der Waals surface area contributed by atoms with Crippen molar-refractivity contribution >= 4 is 17.3 Å². The van der Waals surface area contributed by atoms with Gasteiger partial charge in [0.25, 0.3) is 11.7 Å². The molecule has 0 saturated carbocycles. The Morgan fingerprint density at radius 3 is 2.19 bits per heavy atom. The monoisotopic (exact) mass is 218 g/mol. The van der Waals surface area contributed by atoms with Gasteiger partial charge in [-0.05, 0) is 0 Å². The summed E-state index contributed by atoms with van der Waals surface area (Å²) in [5.41, 5.74) is -2.68. The maximum atomic E-state index is 10.6. The number of hydrogen-bond donors (Lipinski definition) is 1. The summed E-state index contributed by atoms with van der Waals surface area (Å²) >= 11 is 0. The molecule has 0 bridgehead atoms. The van der Waals surface area contributed by atoms with Gasteiger partial charge in [0.15, 0.2) is 0 Å². The van der Waals surface area contributed by atoms with E-state index in [1.165, 1.54) is 0 Å². The van der Waals surface area contributed by atoms with Gasteiger partial charge in [-0.3, -0.25) is 25.0 Å². The number of nitro benzene ring substituents is 2. The van der Waals surface area contributed by atoms with Crippen LogP contribution in [0.2, 0.25) is 0 Å². The topological polar surface area (TPSA) is 124 Å². The number of nitrogens with zero attached hydrogens (tertiary/aromatic N) is 2. The van der Waals surface area contributed by atoms with E-state index in [1.807, 2.05) is 0 Å². The van der Waals surface area contributed by atoms with Crippen LogP contribution < -0.4 is 18.9 Å². The first-order chi connectivity index (χ1) is 6.95. The van der Waals surface area contributed by atoms with Gasteiger partial charge in [-0.25, -0.2) is 0 Å². The summed E-state index contributed by atoms with van der Waals surface area (Å²) in [5, 5.41) is 29.4. The van der Waals surface area contributed by atoms with Gasteiger partial charge in [0.1, 0.15) is 0 Å². The molecule has 1 aromatic rings. The molecule has 0 unspecified atom stereocenters. The minimum Gasteiger partial charge on any atom is -0.487 e. The Balaban J connectivity index is 0.00000225. The SMILES string of the molecule is O=C(O)c1c[c-]cc([N+](=O)[O-])c1[N+](=O)[O-].[Li+]. The van der Waals surface area contributed by atoms with E-state index >= 15 is 0 Å². The molecule has 0 atom stereocenters. The van der Waals surface area contributed by atoms with Crippen LogP contribution >= 0.6 is 0 Å². The van der Waals surface area contributed by atoms with Crippen LogP contribution in [0.25, 0.3) is 0 Å². The fourth-order valence-electron chi connectivity index (χ4n) is 0.973. The van der Waals surface area contributed by atoms with E-state index in [0.29, 0.717) is 0 Å². The molecule has 0 heterocycles. The van der Waals surface area contributed by atoms with E-state index in [2.05, 4.69) is 6.07 Å². The predicted molar refractivity (Wildman–Crippen MR) is 45.5 cm³/mol. The predicted octanol–water partition coefficient (Wildman–Crippen LogP) is -1.99. The van der Waals surface area contributed by atoms with Gasteiger partial charge in [-0.1, -0.05) is 6.07 Å². The molecule has 0 fully saturated rings. The molecule has 1 N–H and O–H groups in total. The zero-order valence-corrected chi connectivity index (χ0v) is 8.04. The molecule has 0 aliphatic rings. The number of carboxylic acid groups (broad SMARTS) is 1. The Morgan fingerprint density at radius 2 is 1.81 bits per heavy atom. The Labute approximate surface area is 100 Å². The van der Waals surface area contributed by atoms with Crippen LogP contribution in [0.1, 0.15) is 10.4 Å². The zero-order chi connectivity index (χ0) is 11.6. The van der Waals surface area contributed by atoms with Gasteiger partial charge in [-0.2, -0.15) is 12.1 Å². The van der Waals surface area contributed by atoms with Crippen LogP contribution in [0.4, 0.5) is 11.4 Å². The number of benzene rings is 1. The van der Waals surface area contributed by atoms with E-state index in [0.717, 1.165) is 12.1 Å². The van der Waals surface area contributed by atoms with Crippen LogP contribution in [-0.2, 0) is 0 Å². The maximum Gasteiger partial charge on any atom is 1.00 e. The number of hydrogen-bond acceptors (Lipinski definition) is 5. The standard InChI is InChI=1S/C7H3N2O6.Li/c10-7(11)4-2-1-3-5(8(12)13)6(4)9(14)15;/h2-3H,(H,10,11);/q-1;+1. The molecule has 9 heteroatoms. The summed E-state index contributed by atoms with van der Waals surface area (Å²) in [6, 6.07) is 3.73. The first-order valence-corrected chi connectivity index (χ1v) is 3.51. The zero-order valence-electron chi connectivity index (χ0n) is 8.04. The quantitative estimate of drug-likeness (QED) is 0.271. The Hall–Kier alpha value is -1.91. The van der Waals surface area contributed by atoms with Crippen molar-refractivity contribution in [2.45, 2.75) is 0 Å². The summed E-state index contributed by atoms with van der Waals surface area (Å²) in [6.07, 6.45) is 0. The molecule has 0 radical (unpaired) electrons. The number of carbonyl (C=O) groups is 1. The molecule has 0 amide bonds. The second-order valence-electron chi connectivity index (χ2n) is 2.42. The van der Waals surface area contributed by atoms with E-state index in [-0.39, 0.29) is 18.9 Å². The largest absolute Gasteiger partial charge is 1.00 e. The van der Waals surface area contributed by atoms with Crippen molar-refractivity contribution in [2.24, 2.45) is 0 Å². The second kappa shape index (κ2) is 5.25. The van der Waals surface area contributed by atoms with Gasteiger partial charge in [0.2, 0.25) is 5.69 Å². The average molecular weight is 218 g/mol. The molecular formula is C7H3LiN2O6. The number of rotatable bonds is 3. The van der Waals surface area contributed by atoms with Crippen molar-refractivity contribution in [2.75, 3.05) is 0 Å². The molecule has 8 nitrogen and oxygen atoms in total. The molecule has 78 valence electrons. The third-order valence-electron chi connectivity index (χ3n) is 1.56. The summed E-state index contributed by atoms with van der Waals surface area (Å²) in [4.78, 5) is 29.3. The normalized spacial score (nSPS) is 9.00. The van der Waals surface area contributed by atoms with Crippen molar-refractivity contribution in [3.05, 3.63) is 44.0 Å². The van der Waals surface area contributed by atoms with Crippen molar-refractivity contribution < 1.29 is 38.6 Å². The third kappa shape index (κ3) is 2.56. The van der Waals surface area contributed by atoms with E-state index in [9.17, 15) is 25.0 Å². The minimum atomic E-state index is -1.61. The molecule has 0 aliphatic heterocycles.